The van der Waals surface area contributed by atoms with Crippen LogP contribution in [0.1, 0.15) is 30.9 Å². The van der Waals surface area contributed by atoms with Crippen LogP contribution in [0.15, 0.2) is 18.2 Å². The Balaban J connectivity index is 1.99. The van der Waals surface area contributed by atoms with Crippen LogP contribution in [-0.4, -0.2) is 32.9 Å². The number of methoxy groups -OCH3 is 2. The lowest BCUT2D eigenvalue weighted by atomic mass is 9.82. The Labute approximate surface area is 114 Å². The van der Waals surface area contributed by atoms with E-state index in [9.17, 15) is 0 Å². The molecule has 1 saturated heterocycles. The van der Waals surface area contributed by atoms with E-state index in [2.05, 4.69) is 5.32 Å². The molecule has 1 spiro atoms. The summed E-state index contributed by atoms with van der Waals surface area (Å²) in [7, 11) is 3.46. The third-order valence-electron chi connectivity index (χ3n) is 4.25. The van der Waals surface area contributed by atoms with Crippen LogP contribution in [0.2, 0.25) is 0 Å². The van der Waals surface area contributed by atoms with Crippen molar-refractivity contribution in [3.8, 4) is 11.5 Å². The van der Waals surface area contributed by atoms with Gasteiger partial charge < -0.3 is 19.5 Å². The lowest BCUT2D eigenvalue weighted by molar-refractivity contribution is -0.0488. The van der Waals surface area contributed by atoms with Gasteiger partial charge in [0.25, 0.3) is 0 Å². The third-order valence-corrected chi connectivity index (χ3v) is 4.25. The summed E-state index contributed by atoms with van der Waals surface area (Å²) in [6.07, 6.45) is 3.02. The Morgan fingerprint density at radius 2 is 2.05 bits per heavy atom. The summed E-state index contributed by atoms with van der Waals surface area (Å²) in [4.78, 5) is 0. The molecule has 2 aliphatic heterocycles. The summed E-state index contributed by atoms with van der Waals surface area (Å²) in [5, 5.41) is 3.39. The van der Waals surface area contributed by atoms with Gasteiger partial charge in [-0.15, -0.1) is 0 Å². The minimum absolute atomic E-state index is 0.0537. The van der Waals surface area contributed by atoms with Crippen LogP contribution < -0.4 is 14.8 Å². The number of nitrogens with one attached hydrogen (secondary N) is 1. The smallest absolute Gasteiger partial charge is 0.129 e. The Morgan fingerprint density at radius 1 is 1.26 bits per heavy atom. The van der Waals surface area contributed by atoms with Gasteiger partial charge >= 0.3 is 0 Å². The van der Waals surface area contributed by atoms with E-state index in [1.807, 2.05) is 18.2 Å². The molecule has 1 atom stereocenters. The van der Waals surface area contributed by atoms with Gasteiger partial charge in [-0.2, -0.15) is 0 Å². The van der Waals surface area contributed by atoms with Gasteiger partial charge in [-0.05, 0) is 38.1 Å². The van der Waals surface area contributed by atoms with Crippen molar-refractivity contribution in [3.05, 3.63) is 23.8 Å². The first-order valence-corrected chi connectivity index (χ1v) is 6.87. The average molecular weight is 263 g/mol. The van der Waals surface area contributed by atoms with E-state index >= 15 is 0 Å². The van der Waals surface area contributed by atoms with Crippen molar-refractivity contribution in [2.75, 3.05) is 27.3 Å². The van der Waals surface area contributed by atoms with Gasteiger partial charge in [-0.25, -0.2) is 0 Å². The van der Waals surface area contributed by atoms with Gasteiger partial charge in [0, 0.05) is 13.5 Å². The fraction of sp³-hybridized carbons (Fsp3) is 0.600. The lowest BCUT2D eigenvalue weighted by Crippen LogP contribution is -2.49. The molecule has 2 heterocycles. The molecule has 104 valence electrons. The SMILES string of the molecule is COc1cccc2c1C(OC)CC1(CCNCC1)O2. The van der Waals surface area contributed by atoms with Crippen LogP contribution in [0, 0.1) is 0 Å². The molecule has 3 rings (SSSR count). The molecule has 4 nitrogen and oxygen atoms in total. The highest BCUT2D eigenvalue weighted by Crippen LogP contribution is 2.48. The van der Waals surface area contributed by atoms with Crippen molar-refractivity contribution in [1.82, 2.24) is 5.32 Å². The second kappa shape index (κ2) is 5.02. The maximum absolute atomic E-state index is 6.33. The zero-order valence-corrected chi connectivity index (χ0v) is 11.6. The molecule has 0 aromatic heterocycles. The van der Waals surface area contributed by atoms with E-state index in [0.717, 1.165) is 49.4 Å². The highest BCUT2D eigenvalue weighted by Gasteiger charge is 2.43. The molecule has 1 unspecified atom stereocenters. The molecule has 0 bridgehead atoms. The van der Waals surface area contributed by atoms with Crippen molar-refractivity contribution in [2.24, 2.45) is 0 Å². The molecule has 1 aromatic carbocycles. The Hall–Kier alpha value is -1.26. The first-order valence-electron chi connectivity index (χ1n) is 6.87. The summed E-state index contributed by atoms with van der Waals surface area (Å²) in [6.45, 7) is 2.02. The minimum atomic E-state index is -0.0781. The molecule has 19 heavy (non-hydrogen) atoms. The molecule has 1 N–H and O–H groups in total. The molecule has 2 aliphatic rings. The van der Waals surface area contributed by atoms with Crippen LogP contribution in [0.25, 0.3) is 0 Å². The molecule has 1 aromatic rings. The highest BCUT2D eigenvalue weighted by molar-refractivity contribution is 5.48. The second-order valence-corrected chi connectivity index (χ2v) is 5.34. The largest absolute Gasteiger partial charge is 0.496 e. The van der Waals surface area contributed by atoms with E-state index in [0.29, 0.717) is 0 Å². The summed E-state index contributed by atoms with van der Waals surface area (Å²) in [5.41, 5.74) is 0.974. The van der Waals surface area contributed by atoms with Gasteiger partial charge in [0.1, 0.15) is 17.1 Å². The number of hydrogen-bond donors (Lipinski definition) is 1. The third kappa shape index (κ3) is 2.19. The Bertz CT molecular complexity index is 455. The first kappa shape index (κ1) is 12.8. The van der Waals surface area contributed by atoms with Gasteiger partial charge in [0.15, 0.2) is 0 Å². The molecule has 1 fully saturated rings. The molecule has 0 aliphatic carbocycles. The topological polar surface area (TPSA) is 39.7 Å². The lowest BCUT2D eigenvalue weighted by Gasteiger charge is -2.44. The predicted molar refractivity (Wildman–Crippen MR) is 72.8 cm³/mol. The summed E-state index contributed by atoms with van der Waals surface area (Å²) in [5.74, 6) is 1.77. The number of benzene rings is 1. The predicted octanol–water partition coefficient (Wildman–Crippen LogP) is 2.29. The fourth-order valence-corrected chi connectivity index (χ4v) is 3.21. The number of rotatable bonds is 2. The number of hydrogen-bond acceptors (Lipinski definition) is 4. The zero-order valence-electron chi connectivity index (χ0n) is 11.6. The zero-order chi connectivity index (χ0) is 13.3. The van der Waals surface area contributed by atoms with Crippen molar-refractivity contribution in [2.45, 2.75) is 31.0 Å². The summed E-state index contributed by atoms with van der Waals surface area (Å²) in [6, 6.07) is 5.96. The van der Waals surface area contributed by atoms with Crippen molar-refractivity contribution < 1.29 is 14.2 Å². The monoisotopic (exact) mass is 263 g/mol. The molecule has 4 heteroatoms. The van der Waals surface area contributed by atoms with Crippen LogP contribution in [0.4, 0.5) is 0 Å². The van der Waals surface area contributed by atoms with Gasteiger partial charge in [-0.1, -0.05) is 6.07 Å². The summed E-state index contributed by atoms with van der Waals surface area (Å²) >= 11 is 0. The molecule has 0 radical (unpaired) electrons. The normalized spacial score (nSPS) is 24.6. The van der Waals surface area contributed by atoms with E-state index < -0.39 is 0 Å². The van der Waals surface area contributed by atoms with Crippen LogP contribution in [-0.2, 0) is 4.74 Å². The molecular formula is C15H21NO3. The molecular weight excluding hydrogens is 242 g/mol. The van der Waals surface area contributed by atoms with E-state index in [-0.39, 0.29) is 11.7 Å². The standard InChI is InChI=1S/C15H21NO3/c1-17-11-4-3-5-12-14(11)13(18-2)10-15(19-12)6-8-16-9-7-15/h3-5,13,16H,6-10H2,1-2H3. The minimum Gasteiger partial charge on any atom is -0.496 e. The Morgan fingerprint density at radius 3 is 2.74 bits per heavy atom. The molecule has 0 amide bonds. The van der Waals surface area contributed by atoms with Gasteiger partial charge in [0.2, 0.25) is 0 Å². The van der Waals surface area contributed by atoms with Gasteiger partial charge in [0.05, 0.1) is 18.8 Å². The van der Waals surface area contributed by atoms with E-state index in [1.165, 1.54) is 0 Å². The quantitative estimate of drug-likeness (QED) is 0.888. The number of fused-ring (bicyclic) bond motifs is 1. The van der Waals surface area contributed by atoms with Crippen molar-refractivity contribution in [1.29, 1.82) is 0 Å². The van der Waals surface area contributed by atoms with Crippen molar-refractivity contribution in [3.63, 3.8) is 0 Å². The van der Waals surface area contributed by atoms with Crippen LogP contribution in [0.5, 0.6) is 11.5 Å². The van der Waals surface area contributed by atoms with E-state index in [4.69, 9.17) is 14.2 Å². The Kier molecular flexibility index (Phi) is 3.37. The van der Waals surface area contributed by atoms with Gasteiger partial charge in [-0.3, -0.25) is 0 Å². The highest BCUT2D eigenvalue weighted by atomic mass is 16.5. The number of ether oxygens (including phenoxy) is 3. The first-order chi connectivity index (χ1) is 9.28. The van der Waals surface area contributed by atoms with Crippen LogP contribution >= 0.6 is 0 Å². The maximum Gasteiger partial charge on any atom is 0.129 e. The molecule has 0 saturated carbocycles. The summed E-state index contributed by atoms with van der Waals surface area (Å²) < 4.78 is 17.5. The fourth-order valence-electron chi connectivity index (χ4n) is 3.21. The van der Waals surface area contributed by atoms with Crippen LogP contribution in [0.3, 0.4) is 0 Å². The van der Waals surface area contributed by atoms with E-state index in [1.54, 1.807) is 14.2 Å². The second-order valence-electron chi connectivity index (χ2n) is 5.34. The maximum atomic E-state index is 6.33. The van der Waals surface area contributed by atoms with Crippen molar-refractivity contribution >= 4 is 0 Å². The number of piperidine rings is 1. The average Bonchev–Trinajstić information content (AvgIpc) is 2.46.